The Kier molecular flexibility index (Phi) is 5.50. The number of rotatable bonds is 4. The molecule has 0 unspecified atom stereocenters. The Morgan fingerprint density at radius 3 is 2.00 bits per heavy atom. The first-order valence-corrected chi connectivity index (χ1v) is 7.60. The SMILES string of the molecule is CC(=O)Nc1ccc(NC(=O)c2ccccc2SC(F)(F)F)cc1. The summed E-state index contributed by atoms with van der Waals surface area (Å²) in [6, 6.07) is 11.7. The first kappa shape index (κ1) is 17.9. The summed E-state index contributed by atoms with van der Waals surface area (Å²) in [5, 5.41) is 5.10. The number of hydrogen-bond acceptors (Lipinski definition) is 3. The van der Waals surface area contributed by atoms with Gasteiger partial charge in [0.25, 0.3) is 5.91 Å². The number of alkyl halides is 3. The average molecular weight is 354 g/mol. The van der Waals surface area contributed by atoms with Crippen molar-refractivity contribution >= 4 is 35.0 Å². The Hall–Kier alpha value is -2.48. The number of benzene rings is 2. The molecule has 0 spiro atoms. The zero-order valence-electron chi connectivity index (χ0n) is 12.5. The first-order valence-electron chi connectivity index (χ1n) is 6.78. The maximum atomic E-state index is 12.6. The van der Waals surface area contributed by atoms with Crippen molar-refractivity contribution in [1.29, 1.82) is 0 Å². The van der Waals surface area contributed by atoms with Crippen LogP contribution in [0.4, 0.5) is 24.5 Å². The molecule has 2 N–H and O–H groups in total. The van der Waals surface area contributed by atoms with E-state index in [1.54, 1.807) is 24.3 Å². The zero-order valence-corrected chi connectivity index (χ0v) is 13.3. The van der Waals surface area contributed by atoms with Gasteiger partial charge in [0.15, 0.2) is 0 Å². The van der Waals surface area contributed by atoms with Crippen molar-refractivity contribution in [3.8, 4) is 0 Å². The Labute approximate surface area is 140 Å². The minimum Gasteiger partial charge on any atom is -0.326 e. The van der Waals surface area contributed by atoms with Crippen LogP contribution in [0.2, 0.25) is 0 Å². The van der Waals surface area contributed by atoms with Crippen molar-refractivity contribution in [2.24, 2.45) is 0 Å². The molecule has 4 nitrogen and oxygen atoms in total. The molecule has 0 fully saturated rings. The fourth-order valence-corrected chi connectivity index (χ4v) is 2.57. The highest BCUT2D eigenvalue weighted by Gasteiger charge is 2.31. The molecule has 0 aliphatic carbocycles. The molecule has 0 aliphatic heterocycles. The van der Waals surface area contributed by atoms with E-state index in [2.05, 4.69) is 10.6 Å². The summed E-state index contributed by atoms with van der Waals surface area (Å²) in [6.45, 7) is 1.37. The first-order chi connectivity index (χ1) is 11.2. The summed E-state index contributed by atoms with van der Waals surface area (Å²) in [5.41, 5.74) is -3.59. The van der Waals surface area contributed by atoms with Crippen LogP contribution in [0.3, 0.4) is 0 Å². The monoisotopic (exact) mass is 354 g/mol. The number of anilines is 2. The van der Waals surface area contributed by atoms with E-state index in [0.717, 1.165) is 0 Å². The van der Waals surface area contributed by atoms with Gasteiger partial charge in [-0.05, 0) is 48.2 Å². The molecule has 0 atom stereocenters. The van der Waals surface area contributed by atoms with Gasteiger partial charge in [0.2, 0.25) is 5.91 Å². The molecule has 2 aromatic carbocycles. The largest absolute Gasteiger partial charge is 0.446 e. The second kappa shape index (κ2) is 7.39. The van der Waals surface area contributed by atoms with Gasteiger partial charge in [-0.2, -0.15) is 13.2 Å². The van der Waals surface area contributed by atoms with Gasteiger partial charge < -0.3 is 10.6 Å². The third-order valence-corrected chi connectivity index (χ3v) is 3.63. The maximum Gasteiger partial charge on any atom is 0.446 e. The highest BCUT2D eigenvalue weighted by molar-refractivity contribution is 8.00. The summed E-state index contributed by atoms with van der Waals surface area (Å²) >= 11 is -0.333. The third kappa shape index (κ3) is 5.31. The number of carbonyl (C=O) groups is 2. The van der Waals surface area contributed by atoms with Crippen LogP contribution < -0.4 is 10.6 Å². The summed E-state index contributed by atoms with van der Waals surface area (Å²) in [5.74, 6) is -0.875. The van der Waals surface area contributed by atoms with Crippen molar-refractivity contribution in [1.82, 2.24) is 0 Å². The molecule has 0 radical (unpaired) electrons. The molecule has 2 rings (SSSR count). The van der Waals surface area contributed by atoms with E-state index in [-0.39, 0.29) is 28.1 Å². The van der Waals surface area contributed by atoms with E-state index in [4.69, 9.17) is 0 Å². The lowest BCUT2D eigenvalue weighted by molar-refractivity contribution is -0.114. The van der Waals surface area contributed by atoms with Gasteiger partial charge in [0, 0.05) is 23.2 Å². The van der Waals surface area contributed by atoms with Crippen molar-refractivity contribution in [3.63, 3.8) is 0 Å². The average Bonchev–Trinajstić information content (AvgIpc) is 2.47. The maximum absolute atomic E-state index is 12.6. The highest BCUT2D eigenvalue weighted by atomic mass is 32.2. The molecule has 126 valence electrons. The van der Waals surface area contributed by atoms with Crippen molar-refractivity contribution in [2.75, 3.05) is 10.6 Å². The van der Waals surface area contributed by atoms with Crippen molar-refractivity contribution in [2.45, 2.75) is 17.3 Å². The Morgan fingerprint density at radius 2 is 1.46 bits per heavy atom. The Balaban J connectivity index is 2.14. The molecule has 0 aromatic heterocycles. The smallest absolute Gasteiger partial charge is 0.326 e. The highest BCUT2D eigenvalue weighted by Crippen LogP contribution is 2.38. The van der Waals surface area contributed by atoms with Gasteiger partial charge in [-0.15, -0.1) is 0 Å². The summed E-state index contributed by atoms with van der Waals surface area (Å²) < 4.78 is 37.7. The molecular formula is C16H13F3N2O2S. The fourth-order valence-electron chi connectivity index (χ4n) is 1.91. The van der Waals surface area contributed by atoms with E-state index in [1.807, 2.05) is 0 Å². The van der Waals surface area contributed by atoms with E-state index >= 15 is 0 Å². The molecule has 2 aromatic rings. The van der Waals surface area contributed by atoms with Crippen LogP contribution in [0.25, 0.3) is 0 Å². The van der Waals surface area contributed by atoms with Gasteiger partial charge in [0.05, 0.1) is 5.56 Å². The second-order valence-electron chi connectivity index (χ2n) is 4.76. The van der Waals surface area contributed by atoms with Crippen molar-refractivity contribution in [3.05, 3.63) is 54.1 Å². The van der Waals surface area contributed by atoms with Gasteiger partial charge in [-0.25, -0.2) is 0 Å². The summed E-state index contributed by atoms with van der Waals surface area (Å²) in [4.78, 5) is 23.0. The Bertz CT molecular complexity index is 746. The van der Waals surface area contributed by atoms with Crippen LogP contribution in [0, 0.1) is 0 Å². The molecule has 0 saturated carbocycles. The van der Waals surface area contributed by atoms with E-state index in [9.17, 15) is 22.8 Å². The number of hydrogen-bond donors (Lipinski definition) is 2. The molecule has 0 aliphatic rings. The van der Waals surface area contributed by atoms with Crippen LogP contribution in [0.15, 0.2) is 53.4 Å². The fraction of sp³-hybridized carbons (Fsp3) is 0.125. The van der Waals surface area contributed by atoms with Crippen LogP contribution in [0.5, 0.6) is 0 Å². The standard InChI is InChI=1S/C16H13F3N2O2S/c1-10(22)20-11-6-8-12(9-7-11)21-15(23)13-4-2-3-5-14(13)24-16(17,18)19/h2-9H,1H3,(H,20,22)(H,21,23). The molecule has 24 heavy (non-hydrogen) atoms. The summed E-state index contributed by atoms with van der Waals surface area (Å²) in [7, 11) is 0. The quantitative estimate of drug-likeness (QED) is 0.795. The van der Waals surface area contributed by atoms with Crippen LogP contribution in [-0.4, -0.2) is 17.3 Å². The van der Waals surface area contributed by atoms with Gasteiger partial charge in [-0.1, -0.05) is 12.1 Å². The minimum absolute atomic E-state index is 0.0641. The van der Waals surface area contributed by atoms with E-state index < -0.39 is 11.4 Å². The van der Waals surface area contributed by atoms with Crippen LogP contribution in [0.1, 0.15) is 17.3 Å². The third-order valence-electron chi connectivity index (χ3n) is 2.82. The lowest BCUT2D eigenvalue weighted by Gasteiger charge is -2.11. The number of amides is 2. The van der Waals surface area contributed by atoms with E-state index in [0.29, 0.717) is 11.4 Å². The predicted molar refractivity (Wildman–Crippen MR) is 87.1 cm³/mol. The zero-order chi connectivity index (χ0) is 17.7. The van der Waals surface area contributed by atoms with Crippen molar-refractivity contribution < 1.29 is 22.8 Å². The summed E-state index contributed by atoms with van der Waals surface area (Å²) in [6.07, 6.45) is 0. The van der Waals surface area contributed by atoms with Gasteiger partial charge >= 0.3 is 5.51 Å². The molecule has 0 bridgehead atoms. The van der Waals surface area contributed by atoms with Crippen LogP contribution in [-0.2, 0) is 4.79 Å². The second-order valence-corrected chi connectivity index (χ2v) is 5.86. The lowest BCUT2D eigenvalue weighted by atomic mass is 10.2. The lowest BCUT2D eigenvalue weighted by Crippen LogP contribution is -2.14. The molecule has 0 heterocycles. The molecule has 8 heteroatoms. The number of carbonyl (C=O) groups excluding carboxylic acids is 2. The molecule has 2 amide bonds. The number of nitrogens with one attached hydrogen (secondary N) is 2. The Morgan fingerprint density at radius 1 is 0.917 bits per heavy atom. The molecule has 0 saturated heterocycles. The van der Waals surface area contributed by atoms with Gasteiger partial charge in [-0.3, -0.25) is 9.59 Å². The minimum atomic E-state index is -4.48. The number of halogens is 3. The number of thioether (sulfide) groups is 1. The molecular weight excluding hydrogens is 341 g/mol. The normalized spacial score (nSPS) is 11.0. The van der Waals surface area contributed by atoms with Crippen LogP contribution >= 0.6 is 11.8 Å². The van der Waals surface area contributed by atoms with Gasteiger partial charge in [0.1, 0.15) is 0 Å². The topological polar surface area (TPSA) is 58.2 Å². The predicted octanol–water partition coefficient (Wildman–Crippen LogP) is 4.51. The van der Waals surface area contributed by atoms with E-state index in [1.165, 1.54) is 31.2 Å².